The number of aryl methyl sites for hydroxylation is 1. The maximum absolute atomic E-state index is 12.1. The van der Waals surface area contributed by atoms with Crippen LogP contribution in [0.4, 0.5) is 5.69 Å². The molecule has 1 aromatic carbocycles. The lowest BCUT2D eigenvalue weighted by Gasteiger charge is -2.09. The Labute approximate surface area is 163 Å². The number of benzene rings is 1. The van der Waals surface area contributed by atoms with Gasteiger partial charge >= 0.3 is 5.97 Å². The van der Waals surface area contributed by atoms with Crippen molar-refractivity contribution in [3.8, 4) is 5.75 Å². The number of hydrogen-bond acceptors (Lipinski definition) is 7. The monoisotopic (exact) mass is 406 g/mol. The molecule has 140 valence electrons. The highest BCUT2D eigenvalue weighted by molar-refractivity contribution is 7.17. The van der Waals surface area contributed by atoms with Crippen molar-refractivity contribution in [1.82, 2.24) is 4.98 Å². The molecule has 0 fully saturated rings. The maximum Gasteiger partial charge on any atom is 0.341 e. The van der Waals surface area contributed by atoms with Crippen LogP contribution in [-0.2, 0) is 11.3 Å². The number of carbonyl (C=O) groups excluding carboxylic acids is 1. The number of non-ortho nitro benzene ring substituents is 1. The molecule has 2 aromatic heterocycles. The first-order chi connectivity index (χ1) is 12.9. The molecule has 0 N–H and O–H groups in total. The second-order valence-electron chi connectivity index (χ2n) is 5.64. The highest BCUT2D eigenvalue weighted by Gasteiger charge is 2.19. The number of pyridine rings is 1. The molecule has 3 rings (SSSR count). The van der Waals surface area contributed by atoms with Crippen molar-refractivity contribution in [2.24, 2.45) is 0 Å². The Bertz CT molecular complexity index is 1030. The molecule has 0 aliphatic carbocycles. The van der Waals surface area contributed by atoms with E-state index in [1.807, 2.05) is 5.38 Å². The van der Waals surface area contributed by atoms with E-state index in [1.54, 1.807) is 19.9 Å². The molecular weight excluding hydrogens is 392 g/mol. The number of aromatic nitrogens is 1. The van der Waals surface area contributed by atoms with Crippen LogP contribution >= 0.6 is 22.9 Å². The first-order valence-electron chi connectivity index (χ1n) is 8.02. The van der Waals surface area contributed by atoms with Gasteiger partial charge in [0, 0.05) is 23.2 Å². The number of hydrogen-bond donors (Lipinski definition) is 0. The summed E-state index contributed by atoms with van der Waals surface area (Å²) >= 11 is 7.58. The summed E-state index contributed by atoms with van der Waals surface area (Å²) in [5.74, 6) is -0.0512. The Morgan fingerprint density at radius 1 is 1.41 bits per heavy atom. The van der Waals surface area contributed by atoms with E-state index in [0.717, 1.165) is 11.1 Å². The highest BCUT2D eigenvalue weighted by atomic mass is 35.5. The molecule has 0 spiro atoms. The lowest BCUT2D eigenvalue weighted by Crippen LogP contribution is -2.05. The fourth-order valence-corrected chi connectivity index (χ4v) is 3.91. The van der Waals surface area contributed by atoms with E-state index in [1.165, 1.54) is 29.7 Å². The Kier molecular flexibility index (Phi) is 5.57. The summed E-state index contributed by atoms with van der Waals surface area (Å²) in [5, 5.41) is 13.7. The van der Waals surface area contributed by atoms with Gasteiger partial charge in [0.25, 0.3) is 5.69 Å². The van der Waals surface area contributed by atoms with E-state index in [9.17, 15) is 14.9 Å². The summed E-state index contributed by atoms with van der Waals surface area (Å²) < 4.78 is 11.5. The average molecular weight is 407 g/mol. The van der Waals surface area contributed by atoms with Crippen LogP contribution in [0, 0.1) is 17.0 Å². The van der Waals surface area contributed by atoms with Gasteiger partial charge in [-0.05, 0) is 30.9 Å². The Hall–Kier alpha value is -2.71. The third-order valence-corrected chi connectivity index (χ3v) is 5.23. The summed E-state index contributed by atoms with van der Waals surface area (Å²) in [6, 6.07) is 4.44. The fraction of sp³-hybridized carbons (Fsp3) is 0.222. The minimum atomic E-state index is -0.474. The zero-order valence-electron chi connectivity index (χ0n) is 14.5. The quantitative estimate of drug-likeness (QED) is 0.249. The number of nitrogens with zero attached hydrogens (tertiary/aromatic N) is 2. The SMILES string of the molecule is CCOC(=O)c1cnc(Cl)c2c(COc3cc([N+](=O)[O-])ccc3C)csc12. The van der Waals surface area contributed by atoms with Crippen molar-refractivity contribution in [2.75, 3.05) is 6.61 Å². The first-order valence-corrected chi connectivity index (χ1v) is 9.27. The summed E-state index contributed by atoms with van der Waals surface area (Å²) in [5.41, 5.74) is 1.82. The highest BCUT2D eigenvalue weighted by Crippen LogP contribution is 2.35. The van der Waals surface area contributed by atoms with Crippen molar-refractivity contribution in [1.29, 1.82) is 0 Å². The summed E-state index contributed by atoms with van der Waals surface area (Å²) in [7, 11) is 0. The largest absolute Gasteiger partial charge is 0.488 e. The molecule has 0 aliphatic heterocycles. The van der Waals surface area contributed by atoms with Gasteiger partial charge in [-0.1, -0.05) is 11.6 Å². The van der Waals surface area contributed by atoms with E-state index in [4.69, 9.17) is 21.1 Å². The molecule has 0 amide bonds. The Morgan fingerprint density at radius 3 is 2.89 bits per heavy atom. The van der Waals surface area contributed by atoms with E-state index in [-0.39, 0.29) is 24.1 Å². The van der Waals surface area contributed by atoms with Gasteiger partial charge < -0.3 is 9.47 Å². The van der Waals surface area contributed by atoms with Gasteiger partial charge in [-0.3, -0.25) is 10.1 Å². The number of thiophene rings is 1. The van der Waals surface area contributed by atoms with Crippen LogP contribution in [0.5, 0.6) is 5.75 Å². The van der Waals surface area contributed by atoms with Crippen LogP contribution in [-0.4, -0.2) is 22.5 Å². The van der Waals surface area contributed by atoms with Gasteiger partial charge in [-0.15, -0.1) is 11.3 Å². The zero-order valence-corrected chi connectivity index (χ0v) is 16.1. The number of nitro benzene ring substituents is 1. The molecule has 3 aromatic rings. The molecule has 2 heterocycles. The number of esters is 1. The van der Waals surface area contributed by atoms with Crippen LogP contribution in [0.25, 0.3) is 10.1 Å². The minimum absolute atomic E-state index is 0.0462. The van der Waals surface area contributed by atoms with Crippen LogP contribution in [0.1, 0.15) is 28.4 Å². The zero-order chi connectivity index (χ0) is 19.6. The smallest absolute Gasteiger partial charge is 0.341 e. The van der Waals surface area contributed by atoms with Gasteiger partial charge in [-0.25, -0.2) is 9.78 Å². The summed E-state index contributed by atoms with van der Waals surface area (Å²) in [6.07, 6.45) is 1.40. The number of nitro groups is 1. The molecule has 0 atom stereocenters. The van der Waals surface area contributed by atoms with Gasteiger partial charge in [0.2, 0.25) is 0 Å². The third kappa shape index (κ3) is 3.86. The van der Waals surface area contributed by atoms with Crippen molar-refractivity contribution in [3.05, 3.63) is 61.7 Å². The number of rotatable bonds is 6. The van der Waals surface area contributed by atoms with E-state index >= 15 is 0 Å². The van der Waals surface area contributed by atoms with E-state index < -0.39 is 10.9 Å². The lowest BCUT2D eigenvalue weighted by molar-refractivity contribution is -0.385. The van der Waals surface area contributed by atoms with Gasteiger partial charge in [0.15, 0.2) is 0 Å². The second-order valence-corrected chi connectivity index (χ2v) is 6.88. The van der Waals surface area contributed by atoms with Crippen LogP contribution in [0.2, 0.25) is 5.15 Å². The standard InChI is InChI=1S/C18H15ClN2O5S/c1-3-25-18(22)13-7-20-17(19)15-11(9-27-16(13)15)8-26-14-6-12(21(23)24)5-4-10(14)2/h4-7,9H,3,8H2,1-2H3. The molecule has 9 heteroatoms. The molecule has 27 heavy (non-hydrogen) atoms. The predicted octanol–water partition coefficient (Wildman–Crippen LogP) is 4.92. The van der Waals surface area contributed by atoms with Crippen molar-refractivity contribution in [2.45, 2.75) is 20.5 Å². The number of ether oxygens (including phenoxy) is 2. The Morgan fingerprint density at radius 2 is 2.19 bits per heavy atom. The van der Waals surface area contributed by atoms with Crippen molar-refractivity contribution < 1.29 is 19.2 Å². The minimum Gasteiger partial charge on any atom is -0.488 e. The summed E-state index contributed by atoms with van der Waals surface area (Å²) in [6.45, 7) is 3.93. The van der Waals surface area contributed by atoms with Crippen molar-refractivity contribution >= 4 is 44.7 Å². The average Bonchev–Trinajstić information content (AvgIpc) is 3.06. The van der Waals surface area contributed by atoms with Crippen LogP contribution in [0.15, 0.2) is 29.8 Å². The third-order valence-electron chi connectivity index (χ3n) is 3.89. The van der Waals surface area contributed by atoms with Gasteiger partial charge in [-0.2, -0.15) is 0 Å². The van der Waals surface area contributed by atoms with Gasteiger partial charge in [0.1, 0.15) is 17.5 Å². The molecule has 7 nitrogen and oxygen atoms in total. The topological polar surface area (TPSA) is 91.6 Å². The second kappa shape index (κ2) is 7.89. The number of fused-ring (bicyclic) bond motifs is 1. The molecule has 0 aliphatic rings. The molecule has 0 saturated heterocycles. The molecule has 0 unspecified atom stereocenters. The lowest BCUT2D eigenvalue weighted by atomic mass is 10.1. The molecule has 0 bridgehead atoms. The summed E-state index contributed by atoms with van der Waals surface area (Å²) in [4.78, 5) is 26.7. The fourth-order valence-electron chi connectivity index (χ4n) is 2.54. The first kappa shape index (κ1) is 19.1. The van der Waals surface area contributed by atoms with E-state index in [2.05, 4.69) is 4.98 Å². The number of halogens is 1. The maximum atomic E-state index is 12.1. The van der Waals surface area contributed by atoms with Crippen molar-refractivity contribution in [3.63, 3.8) is 0 Å². The normalized spacial score (nSPS) is 10.8. The Balaban J connectivity index is 1.93. The van der Waals surface area contributed by atoms with Crippen LogP contribution < -0.4 is 4.74 Å². The van der Waals surface area contributed by atoms with Crippen LogP contribution in [0.3, 0.4) is 0 Å². The van der Waals surface area contributed by atoms with E-state index in [0.29, 0.717) is 21.4 Å². The van der Waals surface area contributed by atoms with Gasteiger partial charge in [0.05, 0.1) is 27.9 Å². The number of carbonyl (C=O) groups is 1. The predicted molar refractivity (Wildman–Crippen MR) is 103 cm³/mol. The molecule has 0 radical (unpaired) electrons. The molecular formula is C18H15ClN2O5S. The molecule has 0 saturated carbocycles.